The number of aliphatic hydroxyl groups excluding tert-OH is 1. The molecule has 0 saturated heterocycles. The molecular weight excluding hydrogens is 641 g/mol. The van der Waals surface area contributed by atoms with Crippen LogP contribution in [0.25, 0.3) is 39.6 Å². The van der Waals surface area contributed by atoms with E-state index in [0.29, 0.717) is 23.7 Å². The molecule has 53 heavy (non-hydrogen) atoms. The lowest BCUT2D eigenvalue weighted by Gasteiger charge is -2.41. The summed E-state index contributed by atoms with van der Waals surface area (Å²) in [5.74, 6) is 1.63. The molecule has 0 aliphatic heterocycles. The van der Waals surface area contributed by atoms with Gasteiger partial charge in [0.1, 0.15) is 0 Å². The second-order valence-corrected chi connectivity index (χ2v) is 18.0. The summed E-state index contributed by atoms with van der Waals surface area (Å²) in [6, 6.07) is 23.8. The summed E-state index contributed by atoms with van der Waals surface area (Å²) in [7, 11) is 0. The highest BCUT2D eigenvalue weighted by molar-refractivity contribution is 5.92. The number of benzene rings is 4. The number of hydrogen-bond donors (Lipinski definition) is 1. The van der Waals surface area contributed by atoms with Crippen LogP contribution >= 0.6 is 0 Å². The van der Waals surface area contributed by atoms with Crippen molar-refractivity contribution in [3.05, 3.63) is 158 Å². The van der Waals surface area contributed by atoms with Gasteiger partial charge in [-0.3, -0.25) is 0 Å². The summed E-state index contributed by atoms with van der Waals surface area (Å²) in [5.41, 5.74) is 21.4. The van der Waals surface area contributed by atoms with Gasteiger partial charge in [0.05, 0.1) is 6.10 Å². The lowest BCUT2D eigenvalue weighted by Crippen LogP contribution is -2.26. The Hall–Kier alpha value is -4.46. The van der Waals surface area contributed by atoms with Crippen molar-refractivity contribution in [1.29, 1.82) is 0 Å². The van der Waals surface area contributed by atoms with Crippen LogP contribution in [0.15, 0.2) is 113 Å². The first kappa shape index (κ1) is 34.3. The number of rotatable bonds is 4. The Kier molecular flexibility index (Phi) is 8.32. The Labute approximate surface area is 317 Å². The SMILES string of the molecule is CC(C)C1=CC(c2ccc3ccc(-c4ccc5c6c4CCC(O)C=C(C(C)(C)C)C=C(C=C5)C6)cc3c2)C2C=Cc3c(C(C)C)ccc4c3C2=C1CC4. The van der Waals surface area contributed by atoms with Crippen LogP contribution in [-0.2, 0) is 19.3 Å². The van der Waals surface area contributed by atoms with Crippen molar-refractivity contribution < 1.29 is 5.11 Å². The topological polar surface area (TPSA) is 20.2 Å². The predicted octanol–water partition coefficient (Wildman–Crippen LogP) is 13.1. The second kappa shape index (κ2) is 12.8. The minimum absolute atomic E-state index is 0.0205. The van der Waals surface area contributed by atoms with E-state index in [1.165, 1.54) is 72.0 Å². The summed E-state index contributed by atoms with van der Waals surface area (Å²) >= 11 is 0. The van der Waals surface area contributed by atoms with E-state index in [-0.39, 0.29) is 5.41 Å². The Morgan fingerprint density at radius 2 is 1.57 bits per heavy atom. The smallest absolute Gasteiger partial charge is 0.0729 e. The van der Waals surface area contributed by atoms with E-state index < -0.39 is 6.10 Å². The highest BCUT2D eigenvalue weighted by Gasteiger charge is 2.38. The molecule has 0 aromatic heterocycles. The van der Waals surface area contributed by atoms with Gasteiger partial charge in [0, 0.05) is 11.8 Å². The molecule has 0 amide bonds. The number of aliphatic hydroxyl groups is 1. The summed E-state index contributed by atoms with van der Waals surface area (Å²) in [6.07, 6.45) is 20.9. The molecule has 1 heteroatoms. The first-order valence-electron chi connectivity index (χ1n) is 20.2. The quantitative estimate of drug-likeness (QED) is 0.225. The van der Waals surface area contributed by atoms with Gasteiger partial charge in [-0.15, -0.1) is 0 Å². The standard InChI is InChI=1S/C52H54O/c1-30(2)41-18-15-35-16-20-45-47(31(3)4)29-49(46-23-22-44(41)50(35)51(45)46)37-13-11-33-10-12-36(26-38(33)27-37)42-19-14-34-9-8-32-24-39(52(5,6)7)28-40(53)17-21-43(42)48(34)25-32/h8-15,18-19,22-24,26-31,40,46,49,53H,16-17,20-21,25H2,1-7H3. The molecule has 3 unspecified atom stereocenters. The maximum absolute atomic E-state index is 11.2. The minimum Gasteiger partial charge on any atom is -0.389 e. The Bertz CT molecular complexity index is 2370. The van der Waals surface area contributed by atoms with E-state index in [2.05, 4.69) is 152 Å². The normalized spacial score (nSPS) is 21.8. The van der Waals surface area contributed by atoms with Gasteiger partial charge in [0.15, 0.2) is 0 Å². The highest BCUT2D eigenvalue weighted by Crippen LogP contribution is 2.55. The van der Waals surface area contributed by atoms with Crippen molar-refractivity contribution in [2.24, 2.45) is 17.3 Å². The second-order valence-electron chi connectivity index (χ2n) is 18.0. The molecule has 0 radical (unpaired) electrons. The maximum Gasteiger partial charge on any atom is 0.0729 e. The fourth-order valence-corrected chi connectivity index (χ4v) is 10.1. The van der Waals surface area contributed by atoms with Crippen molar-refractivity contribution in [3.8, 4) is 11.1 Å². The first-order chi connectivity index (χ1) is 25.4. The molecule has 2 bridgehead atoms. The van der Waals surface area contributed by atoms with Gasteiger partial charge < -0.3 is 5.11 Å². The van der Waals surface area contributed by atoms with Gasteiger partial charge in [-0.2, -0.15) is 0 Å². The van der Waals surface area contributed by atoms with E-state index in [1.807, 2.05) is 0 Å². The van der Waals surface area contributed by atoms with Crippen LogP contribution in [0, 0.1) is 17.3 Å². The minimum atomic E-state index is -0.473. The molecule has 0 spiro atoms. The van der Waals surface area contributed by atoms with Crippen molar-refractivity contribution in [1.82, 2.24) is 0 Å². The first-order valence-corrected chi connectivity index (χ1v) is 20.2. The average Bonchev–Trinajstić information content (AvgIpc) is 3.14. The van der Waals surface area contributed by atoms with Crippen molar-refractivity contribution in [3.63, 3.8) is 0 Å². The zero-order valence-electron chi connectivity index (χ0n) is 32.7. The van der Waals surface area contributed by atoms with Gasteiger partial charge in [-0.1, -0.05) is 146 Å². The number of fused-ring (bicyclic) bond motifs is 2. The summed E-state index contributed by atoms with van der Waals surface area (Å²) in [4.78, 5) is 0. The van der Waals surface area contributed by atoms with E-state index in [9.17, 15) is 5.11 Å². The lowest BCUT2D eigenvalue weighted by molar-refractivity contribution is 0.210. The summed E-state index contributed by atoms with van der Waals surface area (Å²) < 4.78 is 0. The summed E-state index contributed by atoms with van der Waals surface area (Å²) in [6.45, 7) is 16.2. The van der Waals surface area contributed by atoms with Crippen LogP contribution in [-0.4, -0.2) is 11.2 Å². The Morgan fingerprint density at radius 1 is 0.736 bits per heavy atom. The number of aryl methyl sites for hydroxylation is 1. The average molecular weight is 695 g/mol. The number of allylic oxidation sites excluding steroid dienone is 9. The van der Waals surface area contributed by atoms with Crippen LogP contribution in [0.3, 0.4) is 0 Å². The molecule has 268 valence electrons. The molecule has 0 saturated carbocycles. The van der Waals surface area contributed by atoms with E-state index in [1.54, 1.807) is 22.3 Å². The highest BCUT2D eigenvalue weighted by atomic mass is 16.3. The van der Waals surface area contributed by atoms with Crippen molar-refractivity contribution in [2.45, 2.75) is 98.5 Å². The molecule has 5 aliphatic carbocycles. The van der Waals surface area contributed by atoms with Gasteiger partial charge in [0.25, 0.3) is 0 Å². The van der Waals surface area contributed by atoms with Gasteiger partial charge >= 0.3 is 0 Å². The van der Waals surface area contributed by atoms with Gasteiger partial charge in [-0.25, -0.2) is 0 Å². The van der Waals surface area contributed by atoms with Crippen LogP contribution in [0.2, 0.25) is 0 Å². The van der Waals surface area contributed by atoms with Gasteiger partial charge in [-0.05, 0) is 150 Å². The Balaban J connectivity index is 1.13. The molecule has 3 atom stereocenters. The van der Waals surface area contributed by atoms with Gasteiger partial charge in [0.2, 0.25) is 0 Å². The molecule has 5 aliphatic rings. The van der Waals surface area contributed by atoms with Crippen LogP contribution in [0.4, 0.5) is 0 Å². The Morgan fingerprint density at radius 3 is 2.36 bits per heavy atom. The van der Waals surface area contributed by atoms with Crippen LogP contribution in [0.1, 0.15) is 118 Å². The summed E-state index contributed by atoms with van der Waals surface area (Å²) in [5, 5.41) is 13.8. The monoisotopic (exact) mass is 694 g/mol. The van der Waals surface area contributed by atoms with Crippen molar-refractivity contribution >= 4 is 28.5 Å². The van der Waals surface area contributed by atoms with Crippen LogP contribution in [0.5, 0.6) is 0 Å². The molecule has 9 rings (SSSR count). The zero-order valence-corrected chi connectivity index (χ0v) is 32.7. The van der Waals surface area contributed by atoms with E-state index >= 15 is 0 Å². The lowest BCUT2D eigenvalue weighted by atomic mass is 9.62. The fourth-order valence-electron chi connectivity index (χ4n) is 10.1. The predicted molar refractivity (Wildman–Crippen MR) is 226 cm³/mol. The largest absolute Gasteiger partial charge is 0.389 e. The molecule has 1 nitrogen and oxygen atoms in total. The zero-order chi connectivity index (χ0) is 36.8. The third kappa shape index (κ3) is 5.88. The number of hydrogen-bond acceptors (Lipinski definition) is 1. The third-order valence-corrected chi connectivity index (χ3v) is 12.9. The third-order valence-electron chi connectivity index (χ3n) is 12.9. The van der Waals surface area contributed by atoms with E-state index in [0.717, 1.165) is 32.1 Å². The molecular formula is C52H54O. The van der Waals surface area contributed by atoms with Crippen LogP contribution < -0.4 is 0 Å². The fraction of sp³-hybridized carbons (Fsp3) is 0.346. The molecule has 0 heterocycles. The molecule has 4 aromatic carbocycles. The molecule has 4 aromatic rings. The van der Waals surface area contributed by atoms with E-state index in [4.69, 9.17) is 0 Å². The maximum atomic E-state index is 11.2. The molecule has 1 N–H and O–H groups in total. The molecule has 0 fully saturated rings. The van der Waals surface area contributed by atoms with Crippen molar-refractivity contribution in [2.75, 3.05) is 0 Å².